The van der Waals surface area contributed by atoms with Crippen molar-refractivity contribution >= 4 is 17.3 Å². The SMILES string of the molecule is O=C(Cc1csc(-c2ccc(F)cc2)n1)Oc1ccc(-n2cnnn2)cc1. The van der Waals surface area contributed by atoms with E-state index >= 15 is 0 Å². The molecular formula is C18H12FN5O2S. The van der Waals surface area contributed by atoms with Crippen LogP contribution in [0.3, 0.4) is 0 Å². The van der Waals surface area contributed by atoms with Gasteiger partial charge in [0.1, 0.15) is 22.9 Å². The molecule has 0 N–H and O–H groups in total. The number of thiazole rings is 1. The van der Waals surface area contributed by atoms with Gasteiger partial charge in [-0.05, 0) is 59.0 Å². The number of hydrogen-bond donors (Lipinski definition) is 0. The van der Waals surface area contributed by atoms with E-state index in [4.69, 9.17) is 4.74 Å². The van der Waals surface area contributed by atoms with Crippen molar-refractivity contribution in [1.82, 2.24) is 25.2 Å². The maximum absolute atomic E-state index is 13.0. The van der Waals surface area contributed by atoms with Gasteiger partial charge in [0.05, 0.1) is 17.8 Å². The van der Waals surface area contributed by atoms with Crippen LogP contribution in [0, 0.1) is 5.82 Å². The van der Waals surface area contributed by atoms with Crippen molar-refractivity contribution in [3.05, 3.63) is 71.7 Å². The molecule has 27 heavy (non-hydrogen) atoms. The summed E-state index contributed by atoms with van der Waals surface area (Å²) in [6, 6.07) is 12.9. The van der Waals surface area contributed by atoms with Gasteiger partial charge in [-0.3, -0.25) is 4.79 Å². The maximum Gasteiger partial charge on any atom is 0.317 e. The molecule has 0 saturated heterocycles. The van der Waals surface area contributed by atoms with E-state index in [9.17, 15) is 9.18 Å². The molecule has 0 fully saturated rings. The third-order valence-electron chi connectivity index (χ3n) is 3.65. The summed E-state index contributed by atoms with van der Waals surface area (Å²) in [5, 5.41) is 13.4. The number of carbonyl (C=O) groups is 1. The van der Waals surface area contributed by atoms with E-state index in [1.807, 2.05) is 0 Å². The smallest absolute Gasteiger partial charge is 0.317 e. The molecule has 4 aromatic rings. The Bertz CT molecular complexity index is 1050. The molecule has 0 aliphatic rings. The molecule has 0 spiro atoms. The molecule has 0 saturated carbocycles. The third kappa shape index (κ3) is 4.04. The van der Waals surface area contributed by atoms with Crippen LogP contribution in [0.1, 0.15) is 5.69 Å². The fraction of sp³-hybridized carbons (Fsp3) is 0.0556. The van der Waals surface area contributed by atoms with Gasteiger partial charge in [0.2, 0.25) is 0 Å². The summed E-state index contributed by atoms with van der Waals surface area (Å²) in [6.07, 6.45) is 1.52. The van der Waals surface area contributed by atoms with E-state index in [1.165, 1.54) is 34.5 Å². The van der Waals surface area contributed by atoms with E-state index in [1.54, 1.807) is 41.8 Å². The lowest BCUT2D eigenvalue weighted by atomic mass is 10.2. The summed E-state index contributed by atoms with van der Waals surface area (Å²) in [5.41, 5.74) is 2.16. The Morgan fingerprint density at radius 2 is 1.89 bits per heavy atom. The first kappa shape index (κ1) is 17.0. The summed E-state index contributed by atoms with van der Waals surface area (Å²) >= 11 is 1.39. The second-order valence-corrected chi connectivity index (χ2v) is 6.41. The highest BCUT2D eigenvalue weighted by molar-refractivity contribution is 7.13. The van der Waals surface area contributed by atoms with Gasteiger partial charge in [0, 0.05) is 10.9 Å². The molecular weight excluding hydrogens is 369 g/mol. The largest absolute Gasteiger partial charge is 0.426 e. The van der Waals surface area contributed by atoms with Gasteiger partial charge in [-0.25, -0.2) is 14.1 Å². The minimum atomic E-state index is -0.416. The zero-order valence-corrected chi connectivity index (χ0v) is 14.6. The monoisotopic (exact) mass is 381 g/mol. The number of rotatable bonds is 5. The van der Waals surface area contributed by atoms with Crippen molar-refractivity contribution in [3.8, 4) is 22.0 Å². The Kier molecular flexibility index (Phi) is 4.67. The summed E-state index contributed by atoms with van der Waals surface area (Å²) in [4.78, 5) is 16.6. The first-order valence-electron chi connectivity index (χ1n) is 7.92. The first-order chi connectivity index (χ1) is 13.2. The number of hydrogen-bond acceptors (Lipinski definition) is 7. The lowest BCUT2D eigenvalue weighted by molar-refractivity contribution is -0.133. The van der Waals surface area contributed by atoms with E-state index in [0.717, 1.165) is 16.3 Å². The zero-order chi connectivity index (χ0) is 18.6. The van der Waals surface area contributed by atoms with Crippen molar-refractivity contribution < 1.29 is 13.9 Å². The molecule has 0 radical (unpaired) electrons. The van der Waals surface area contributed by atoms with Gasteiger partial charge in [-0.2, -0.15) is 0 Å². The fourth-order valence-electron chi connectivity index (χ4n) is 2.38. The molecule has 0 atom stereocenters. The molecule has 2 aromatic heterocycles. The zero-order valence-electron chi connectivity index (χ0n) is 13.8. The van der Waals surface area contributed by atoms with Crippen LogP contribution in [0.2, 0.25) is 0 Å². The highest BCUT2D eigenvalue weighted by atomic mass is 32.1. The lowest BCUT2D eigenvalue weighted by Crippen LogP contribution is -2.11. The minimum Gasteiger partial charge on any atom is -0.426 e. The van der Waals surface area contributed by atoms with Crippen LogP contribution in [-0.4, -0.2) is 31.2 Å². The Balaban J connectivity index is 1.39. The predicted molar refractivity (Wildman–Crippen MR) is 96.0 cm³/mol. The predicted octanol–water partition coefficient (Wildman–Crippen LogP) is 3.07. The first-order valence-corrected chi connectivity index (χ1v) is 8.80. The average molecular weight is 381 g/mol. The molecule has 0 amide bonds. The third-order valence-corrected chi connectivity index (χ3v) is 4.59. The van der Waals surface area contributed by atoms with Crippen LogP contribution in [-0.2, 0) is 11.2 Å². The topological polar surface area (TPSA) is 82.8 Å². The highest BCUT2D eigenvalue weighted by Gasteiger charge is 2.11. The van der Waals surface area contributed by atoms with Gasteiger partial charge >= 0.3 is 5.97 Å². The van der Waals surface area contributed by atoms with Crippen LogP contribution >= 0.6 is 11.3 Å². The highest BCUT2D eigenvalue weighted by Crippen LogP contribution is 2.24. The number of halogens is 1. The van der Waals surface area contributed by atoms with Crippen molar-refractivity contribution in [3.63, 3.8) is 0 Å². The maximum atomic E-state index is 13.0. The number of carbonyl (C=O) groups excluding carboxylic acids is 1. The lowest BCUT2D eigenvalue weighted by Gasteiger charge is -2.04. The number of benzene rings is 2. The average Bonchev–Trinajstić information content (AvgIpc) is 3.35. The van der Waals surface area contributed by atoms with Gasteiger partial charge in [0.15, 0.2) is 0 Å². The number of tetrazole rings is 1. The van der Waals surface area contributed by atoms with Crippen molar-refractivity contribution in [2.45, 2.75) is 6.42 Å². The quantitative estimate of drug-likeness (QED) is 0.390. The minimum absolute atomic E-state index is 0.0481. The van der Waals surface area contributed by atoms with Crippen LogP contribution in [0.25, 0.3) is 16.3 Å². The number of ether oxygens (including phenoxy) is 1. The molecule has 9 heteroatoms. The summed E-state index contributed by atoms with van der Waals surface area (Å²) in [6.45, 7) is 0. The molecule has 2 heterocycles. The summed E-state index contributed by atoms with van der Waals surface area (Å²) < 4.78 is 19.8. The van der Waals surface area contributed by atoms with Crippen molar-refractivity contribution in [2.24, 2.45) is 0 Å². The molecule has 2 aromatic carbocycles. The number of aromatic nitrogens is 5. The second kappa shape index (κ2) is 7.42. The van der Waals surface area contributed by atoms with Gasteiger partial charge in [-0.15, -0.1) is 16.4 Å². The molecule has 0 aliphatic carbocycles. The van der Waals surface area contributed by atoms with E-state index in [2.05, 4.69) is 20.5 Å². The molecule has 0 unspecified atom stereocenters. The number of nitrogens with zero attached hydrogens (tertiary/aromatic N) is 5. The second-order valence-electron chi connectivity index (χ2n) is 5.55. The van der Waals surface area contributed by atoms with Gasteiger partial charge in [0.25, 0.3) is 0 Å². The summed E-state index contributed by atoms with van der Waals surface area (Å²) in [7, 11) is 0. The Hall–Kier alpha value is -3.46. The van der Waals surface area contributed by atoms with Gasteiger partial charge < -0.3 is 4.74 Å². The van der Waals surface area contributed by atoms with E-state index < -0.39 is 5.97 Å². The standard InChI is InChI=1S/C18H12FN5O2S/c19-13-3-1-12(2-4-13)18-21-14(10-27-18)9-17(25)26-16-7-5-15(6-8-16)24-11-20-22-23-24/h1-8,10-11H,9H2. The fourth-order valence-corrected chi connectivity index (χ4v) is 3.20. The molecule has 0 aliphatic heterocycles. The normalized spacial score (nSPS) is 10.7. The van der Waals surface area contributed by atoms with Crippen LogP contribution in [0.15, 0.2) is 60.2 Å². The molecule has 0 bridgehead atoms. The van der Waals surface area contributed by atoms with Gasteiger partial charge in [-0.1, -0.05) is 0 Å². The summed E-state index contributed by atoms with van der Waals surface area (Å²) in [5.74, 6) is -0.294. The van der Waals surface area contributed by atoms with Crippen molar-refractivity contribution in [2.75, 3.05) is 0 Å². The molecule has 7 nitrogen and oxygen atoms in total. The Labute approximate surface area is 157 Å². The van der Waals surface area contributed by atoms with Crippen LogP contribution in [0.5, 0.6) is 5.75 Å². The molecule has 134 valence electrons. The Morgan fingerprint density at radius 3 is 2.59 bits per heavy atom. The molecule has 4 rings (SSSR count). The van der Waals surface area contributed by atoms with Crippen LogP contribution in [0.4, 0.5) is 4.39 Å². The van der Waals surface area contributed by atoms with Crippen LogP contribution < -0.4 is 4.74 Å². The number of esters is 1. The van der Waals surface area contributed by atoms with Crippen molar-refractivity contribution in [1.29, 1.82) is 0 Å². The van der Waals surface area contributed by atoms with E-state index in [-0.39, 0.29) is 12.2 Å². The Morgan fingerprint density at radius 1 is 1.11 bits per heavy atom. The van der Waals surface area contributed by atoms with E-state index in [0.29, 0.717) is 11.4 Å².